The van der Waals surface area contributed by atoms with Crippen molar-refractivity contribution in [3.63, 3.8) is 0 Å². The summed E-state index contributed by atoms with van der Waals surface area (Å²) in [6.45, 7) is 1.58. The highest BCUT2D eigenvalue weighted by Gasteiger charge is 2.28. The summed E-state index contributed by atoms with van der Waals surface area (Å²) < 4.78 is 6.29. The minimum Gasteiger partial charge on any atom is -0.370 e. The molecule has 0 bridgehead atoms. The molecule has 1 aliphatic heterocycles. The zero-order valence-corrected chi connectivity index (χ0v) is 14.6. The molecular formula is C22H25NO2. The van der Waals surface area contributed by atoms with Crippen LogP contribution < -0.4 is 5.32 Å². The lowest BCUT2D eigenvalue weighted by molar-refractivity contribution is -0.121. The fourth-order valence-electron chi connectivity index (χ4n) is 3.37. The average molecular weight is 335 g/mol. The van der Waals surface area contributed by atoms with Crippen LogP contribution in [-0.2, 0) is 16.0 Å². The lowest BCUT2D eigenvalue weighted by atomic mass is 9.94. The van der Waals surface area contributed by atoms with Gasteiger partial charge in [-0.1, -0.05) is 72.8 Å². The quantitative estimate of drug-likeness (QED) is 0.897. The molecule has 0 unspecified atom stereocenters. The highest BCUT2D eigenvalue weighted by Crippen LogP contribution is 2.24. The van der Waals surface area contributed by atoms with Crippen LogP contribution in [0, 0.1) is 0 Å². The van der Waals surface area contributed by atoms with E-state index in [9.17, 15) is 4.79 Å². The van der Waals surface area contributed by atoms with Crippen LogP contribution in [0.3, 0.4) is 0 Å². The van der Waals surface area contributed by atoms with Crippen LogP contribution in [0.4, 0.5) is 0 Å². The maximum Gasteiger partial charge on any atom is 0.217 e. The van der Waals surface area contributed by atoms with E-state index in [1.54, 1.807) is 6.92 Å². The van der Waals surface area contributed by atoms with Gasteiger partial charge >= 0.3 is 0 Å². The van der Waals surface area contributed by atoms with Gasteiger partial charge in [-0.3, -0.25) is 4.79 Å². The third kappa shape index (κ3) is 5.57. The zero-order chi connectivity index (χ0) is 17.5. The van der Waals surface area contributed by atoms with Crippen molar-refractivity contribution < 1.29 is 9.53 Å². The summed E-state index contributed by atoms with van der Waals surface area (Å²) in [4.78, 5) is 11.5. The van der Waals surface area contributed by atoms with E-state index in [1.165, 1.54) is 5.56 Å². The fourth-order valence-corrected chi connectivity index (χ4v) is 3.37. The molecule has 0 radical (unpaired) electrons. The molecule has 3 nitrogen and oxygen atoms in total. The van der Waals surface area contributed by atoms with Crippen LogP contribution in [0.25, 0.3) is 6.08 Å². The number of hydrogen-bond donors (Lipinski definition) is 1. The minimum absolute atomic E-state index is 0.0134. The van der Waals surface area contributed by atoms with E-state index in [-0.39, 0.29) is 24.2 Å². The Labute approximate surface area is 149 Å². The summed E-state index contributed by atoms with van der Waals surface area (Å²) in [7, 11) is 0. The summed E-state index contributed by atoms with van der Waals surface area (Å²) in [6.07, 6.45) is 6.87. The van der Waals surface area contributed by atoms with Gasteiger partial charge in [0.15, 0.2) is 0 Å². The summed E-state index contributed by atoms with van der Waals surface area (Å²) >= 11 is 0. The summed E-state index contributed by atoms with van der Waals surface area (Å²) in [5, 5.41) is 3.07. The van der Waals surface area contributed by atoms with Gasteiger partial charge in [0, 0.05) is 13.0 Å². The molecule has 3 heteroatoms. The first-order valence-electron chi connectivity index (χ1n) is 8.89. The second kappa shape index (κ2) is 8.63. The first-order valence-corrected chi connectivity index (χ1v) is 8.89. The van der Waals surface area contributed by atoms with Crippen molar-refractivity contribution in [1.82, 2.24) is 5.32 Å². The first kappa shape index (κ1) is 17.4. The van der Waals surface area contributed by atoms with Crippen LogP contribution in [0.2, 0.25) is 0 Å². The highest BCUT2D eigenvalue weighted by molar-refractivity contribution is 5.73. The maximum absolute atomic E-state index is 11.5. The van der Waals surface area contributed by atoms with E-state index >= 15 is 0 Å². The Bertz CT molecular complexity index is 696. The molecule has 1 aliphatic rings. The van der Waals surface area contributed by atoms with Crippen molar-refractivity contribution in [3.05, 3.63) is 77.9 Å². The average Bonchev–Trinajstić information content (AvgIpc) is 2.61. The molecule has 2 aromatic rings. The minimum atomic E-state index is 0.0134. The predicted octanol–water partition coefficient (Wildman–Crippen LogP) is 3.99. The van der Waals surface area contributed by atoms with E-state index in [1.807, 2.05) is 24.3 Å². The second-order valence-corrected chi connectivity index (χ2v) is 6.62. The van der Waals surface area contributed by atoms with Gasteiger partial charge in [-0.2, -0.15) is 0 Å². The van der Waals surface area contributed by atoms with Crippen LogP contribution in [0.1, 0.15) is 30.9 Å². The number of carbonyl (C=O) groups is 1. The molecule has 1 N–H and O–H groups in total. The first-order chi connectivity index (χ1) is 12.2. The van der Waals surface area contributed by atoms with Gasteiger partial charge in [-0.25, -0.2) is 0 Å². The number of benzene rings is 2. The summed E-state index contributed by atoms with van der Waals surface area (Å²) in [5.41, 5.74) is 2.43. The molecule has 2 aromatic carbocycles. The van der Waals surface area contributed by atoms with Gasteiger partial charge in [0.05, 0.1) is 12.2 Å². The molecule has 1 fully saturated rings. The Morgan fingerprint density at radius 2 is 1.76 bits per heavy atom. The van der Waals surface area contributed by atoms with Crippen molar-refractivity contribution in [3.8, 4) is 0 Å². The van der Waals surface area contributed by atoms with Gasteiger partial charge in [0.2, 0.25) is 5.91 Å². The SMILES string of the molecule is CC(=O)N[C@H]1C[C@@H](Cc2ccccc2)O[C@@H](/C=C/c2ccccc2)C1. The van der Waals surface area contributed by atoms with Gasteiger partial charge in [0.25, 0.3) is 0 Å². The summed E-state index contributed by atoms with van der Waals surface area (Å²) in [5.74, 6) is 0.0242. The molecule has 3 rings (SSSR count). The Kier molecular flexibility index (Phi) is 6.02. The van der Waals surface area contributed by atoms with Gasteiger partial charge in [0.1, 0.15) is 0 Å². The third-order valence-corrected chi connectivity index (χ3v) is 4.45. The molecule has 0 aromatic heterocycles. The molecule has 0 spiro atoms. The van der Waals surface area contributed by atoms with E-state index in [2.05, 4.69) is 53.9 Å². The fraction of sp³-hybridized carbons (Fsp3) is 0.318. The van der Waals surface area contributed by atoms with Gasteiger partial charge in [-0.15, -0.1) is 0 Å². The van der Waals surface area contributed by atoms with Crippen molar-refractivity contribution >= 4 is 12.0 Å². The zero-order valence-electron chi connectivity index (χ0n) is 14.6. The van der Waals surface area contributed by atoms with Crippen molar-refractivity contribution in [2.24, 2.45) is 0 Å². The van der Waals surface area contributed by atoms with Gasteiger partial charge < -0.3 is 10.1 Å². The molecule has 25 heavy (non-hydrogen) atoms. The predicted molar refractivity (Wildman–Crippen MR) is 101 cm³/mol. The standard InChI is InChI=1S/C22H25NO2/c1-17(24)23-20-15-21(13-12-18-8-4-2-5-9-18)25-22(16-20)14-19-10-6-3-7-11-19/h2-13,20-22H,14-16H2,1H3,(H,23,24)/b13-12+/t20-,21+,22-/m1/s1. The monoisotopic (exact) mass is 335 g/mol. The third-order valence-electron chi connectivity index (χ3n) is 4.45. The van der Waals surface area contributed by atoms with Crippen LogP contribution in [-0.4, -0.2) is 24.2 Å². The van der Waals surface area contributed by atoms with E-state index < -0.39 is 0 Å². The van der Waals surface area contributed by atoms with Crippen molar-refractivity contribution in [2.45, 2.75) is 44.4 Å². The molecule has 0 aliphatic carbocycles. The number of ether oxygens (including phenoxy) is 1. The number of hydrogen-bond acceptors (Lipinski definition) is 2. The maximum atomic E-state index is 11.5. The largest absolute Gasteiger partial charge is 0.370 e. The van der Waals surface area contributed by atoms with Crippen molar-refractivity contribution in [2.75, 3.05) is 0 Å². The van der Waals surface area contributed by atoms with E-state index in [4.69, 9.17) is 4.74 Å². The number of nitrogens with one attached hydrogen (secondary N) is 1. The van der Waals surface area contributed by atoms with Crippen LogP contribution >= 0.6 is 0 Å². The summed E-state index contributed by atoms with van der Waals surface area (Å²) in [6, 6.07) is 20.8. The second-order valence-electron chi connectivity index (χ2n) is 6.62. The van der Waals surface area contributed by atoms with Crippen LogP contribution in [0.5, 0.6) is 0 Å². The Balaban J connectivity index is 1.68. The molecule has 1 amide bonds. The van der Waals surface area contributed by atoms with Crippen molar-refractivity contribution in [1.29, 1.82) is 0 Å². The van der Waals surface area contributed by atoms with E-state index in [0.29, 0.717) is 0 Å². The topological polar surface area (TPSA) is 38.3 Å². The molecule has 0 saturated carbocycles. The smallest absolute Gasteiger partial charge is 0.217 e. The number of rotatable bonds is 5. The molecule has 130 valence electrons. The lowest BCUT2D eigenvalue weighted by Gasteiger charge is -2.34. The van der Waals surface area contributed by atoms with Crippen LogP contribution in [0.15, 0.2) is 66.7 Å². The van der Waals surface area contributed by atoms with Gasteiger partial charge in [-0.05, 0) is 30.4 Å². The molecule has 1 saturated heterocycles. The molecular weight excluding hydrogens is 310 g/mol. The number of amides is 1. The highest BCUT2D eigenvalue weighted by atomic mass is 16.5. The molecule has 1 heterocycles. The Morgan fingerprint density at radius 1 is 1.08 bits per heavy atom. The Morgan fingerprint density at radius 3 is 2.44 bits per heavy atom. The number of carbonyl (C=O) groups excluding carboxylic acids is 1. The Hall–Kier alpha value is -2.39. The normalized spacial score (nSPS) is 23.5. The lowest BCUT2D eigenvalue weighted by Crippen LogP contribution is -2.44. The van der Waals surface area contributed by atoms with E-state index in [0.717, 1.165) is 24.8 Å². The molecule has 3 atom stereocenters.